The Morgan fingerprint density at radius 1 is 1.09 bits per heavy atom. The third-order valence-electron chi connectivity index (χ3n) is 6.10. The number of carbonyl (C=O) groups excluding carboxylic acids is 2. The lowest BCUT2D eigenvalue weighted by Gasteiger charge is -2.24. The van der Waals surface area contributed by atoms with Crippen LogP contribution in [0, 0.1) is 25.5 Å². The predicted octanol–water partition coefficient (Wildman–Crippen LogP) is 5.93. The summed E-state index contributed by atoms with van der Waals surface area (Å²) < 4.78 is 39.5. The Kier molecular flexibility index (Phi) is 6.23. The minimum atomic E-state index is -1.26. The lowest BCUT2D eigenvalue weighted by molar-refractivity contribution is -0.132. The summed E-state index contributed by atoms with van der Waals surface area (Å²) in [6.07, 6.45) is 0. The highest BCUT2D eigenvalue weighted by Gasteiger charge is 2.49. The van der Waals surface area contributed by atoms with Gasteiger partial charge in [-0.05, 0) is 67.3 Å². The van der Waals surface area contributed by atoms with Crippen molar-refractivity contribution >= 4 is 23.1 Å². The van der Waals surface area contributed by atoms with Crippen LogP contribution in [0.1, 0.15) is 54.0 Å². The van der Waals surface area contributed by atoms with E-state index in [2.05, 4.69) is 0 Å². The first-order valence-electron chi connectivity index (χ1n) is 11.1. The number of methoxy groups -OCH3 is 1. The number of aryl methyl sites for hydroxylation is 2. The van der Waals surface area contributed by atoms with Gasteiger partial charge in [-0.25, -0.2) is 8.78 Å². The maximum atomic E-state index is 14.8. The van der Waals surface area contributed by atoms with Crippen LogP contribution in [0.3, 0.4) is 0 Å². The highest BCUT2D eigenvalue weighted by molar-refractivity contribution is 6.51. The summed E-state index contributed by atoms with van der Waals surface area (Å²) in [5.74, 6) is -3.04. The number of benzene rings is 2. The molecule has 2 aromatic carbocycles. The van der Waals surface area contributed by atoms with E-state index < -0.39 is 35.1 Å². The Hall–Kier alpha value is -3.94. The van der Waals surface area contributed by atoms with Crippen LogP contribution >= 0.6 is 0 Å². The van der Waals surface area contributed by atoms with Crippen molar-refractivity contribution in [3.63, 3.8) is 0 Å². The van der Waals surface area contributed by atoms with Gasteiger partial charge in [-0.2, -0.15) is 0 Å². The van der Waals surface area contributed by atoms with E-state index >= 15 is 0 Å². The molecule has 1 saturated heterocycles. The number of amides is 1. The second-order valence-corrected chi connectivity index (χ2v) is 8.78. The topological polar surface area (TPSA) is 80.0 Å². The number of hydrogen-bond acceptors (Lipinski definition) is 5. The van der Waals surface area contributed by atoms with Gasteiger partial charge in [0.25, 0.3) is 11.7 Å². The van der Waals surface area contributed by atoms with Crippen LogP contribution in [0.2, 0.25) is 0 Å². The summed E-state index contributed by atoms with van der Waals surface area (Å²) >= 11 is 0. The van der Waals surface area contributed by atoms with Crippen molar-refractivity contribution in [1.29, 1.82) is 0 Å². The van der Waals surface area contributed by atoms with Gasteiger partial charge in [-0.3, -0.25) is 14.5 Å². The van der Waals surface area contributed by atoms with Crippen molar-refractivity contribution < 1.29 is 32.6 Å². The zero-order chi connectivity index (χ0) is 25.6. The van der Waals surface area contributed by atoms with Crippen molar-refractivity contribution in [2.45, 2.75) is 39.7 Å². The Balaban J connectivity index is 1.99. The summed E-state index contributed by atoms with van der Waals surface area (Å²) in [4.78, 5) is 27.3. The van der Waals surface area contributed by atoms with Gasteiger partial charge in [-0.15, -0.1) is 0 Å². The summed E-state index contributed by atoms with van der Waals surface area (Å²) in [6.45, 7) is 7.33. The molecule has 0 aliphatic carbocycles. The molecule has 6 nitrogen and oxygen atoms in total. The number of halogens is 2. The molecule has 35 heavy (non-hydrogen) atoms. The number of carbonyl (C=O) groups is 2. The van der Waals surface area contributed by atoms with Crippen LogP contribution in [-0.2, 0) is 9.59 Å². The van der Waals surface area contributed by atoms with E-state index in [1.807, 2.05) is 13.8 Å². The number of aliphatic hydroxyl groups excluding tert-OH is 1. The Morgan fingerprint density at radius 2 is 1.80 bits per heavy atom. The number of hydrogen-bond donors (Lipinski definition) is 1. The molecule has 1 aromatic heterocycles. The molecule has 1 N–H and O–H groups in total. The van der Waals surface area contributed by atoms with Crippen molar-refractivity contribution in [2.75, 3.05) is 12.0 Å². The van der Waals surface area contributed by atoms with Gasteiger partial charge in [-0.1, -0.05) is 13.8 Å². The molecule has 1 unspecified atom stereocenters. The Labute approximate surface area is 201 Å². The number of rotatable bonds is 5. The fourth-order valence-corrected chi connectivity index (χ4v) is 4.35. The Morgan fingerprint density at radius 3 is 2.37 bits per heavy atom. The Bertz CT molecular complexity index is 1370. The first kappa shape index (κ1) is 24.2. The molecule has 182 valence electrons. The molecule has 1 aliphatic rings. The summed E-state index contributed by atoms with van der Waals surface area (Å²) in [5, 5.41) is 11.4. The highest BCUT2D eigenvalue weighted by atomic mass is 19.1. The minimum absolute atomic E-state index is 0.0383. The number of ketones is 1. The molecule has 0 saturated carbocycles. The van der Waals surface area contributed by atoms with E-state index in [4.69, 9.17) is 9.15 Å². The molecule has 1 amide bonds. The second kappa shape index (κ2) is 9.02. The number of Topliss-reactive ketones (excluding diaryl/α,β-unsaturated/α-hetero) is 1. The van der Waals surface area contributed by atoms with E-state index in [1.54, 1.807) is 45.2 Å². The molecule has 1 atom stereocenters. The van der Waals surface area contributed by atoms with Crippen LogP contribution in [0.25, 0.3) is 5.76 Å². The highest BCUT2D eigenvalue weighted by Crippen LogP contribution is 2.44. The number of ether oxygens (including phenoxy) is 1. The SMILES string of the molecule is COc1cc(C)c(/C(O)=C2\C(=O)C(=O)N(c3ccc(F)cc3F)C2c2ccc(C)o2)cc1C(C)C. The van der Waals surface area contributed by atoms with Crippen LogP contribution in [-0.4, -0.2) is 23.9 Å². The quantitative estimate of drug-likeness (QED) is 0.277. The van der Waals surface area contributed by atoms with E-state index in [1.165, 1.54) is 0 Å². The second-order valence-electron chi connectivity index (χ2n) is 8.78. The summed E-state index contributed by atoms with van der Waals surface area (Å²) in [7, 11) is 1.54. The number of nitrogens with zero attached hydrogens (tertiary/aromatic N) is 1. The first-order chi connectivity index (χ1) is 16.5. The standard InChI is InChI=1S/C27H25F2NO5/c1-13(2)17-12-18(14(3)10-22(17)34-5)25(31)23-24(21-9-6-15(4)35-21)30(27(33)26(23)32)20-8-7-16(28)11-19(20)29/h6-13,24,31H,1-5H3/b25-23+. The molecule has 0 spiro atoms. The van der Waals surface area contributed by atoms with Gasteiger partial charge >= 0.3 is 0 Å². The lowest BCUT2D eigenvalue weighted by Crippen LogP contribution is -2.30. The van der Waals surface area contributed by atoms with Gasteiger partial charge in [0.15, 0.2) is 0 Å². The monoisotopic (exact) mass is 481 g/mol. The zero-order valence-electron chi connectivity index (χ0n) is 20.0. The molecule has 0 radical (unpaired) electrons. The average molecular weight is 481 g/mol. The van der Waals surface area contributed by atoms with Crippen molar-refractivity contribution in [3.8, 4) is 5.75 Å². The lowest BCUT2D eigenvalue weighted by atomic mass is 9.92. The fraction of sp³-hybridized carbons (Fsp3) is 0.259. The smallest absolute Gasteiger partial charge is 0.300 e. The van der Waals surface area contributed by atoms with Crippen LogP contribution in [0.15, 0.2) is 52.5 Å². The van der Waals surface area contributed by atoms with Gasteiger partial charge < -0.3 is 14.3 Å². The van der Waals surface area contributed by atoms with Gasteiger partial charge in [0.1, 0.15) is 40.7 Å². The third-order valence-corrected chi connectivity index (χ3v) is 6.10. The molecule has 8 heteroatoms. The fourth-order valence-electron chi connectivity index (χ4n) is 4.35. The molecule has 3 aromatic rings. The first-order valence-corrected chi connectivity index (χ1v) is 11.1. The maximum absolute atomic E-state index is 14.8. The largest absolute Gasteiger partial charge is 0.507 e. The summed E-state index contributed by atoms with van der Waals surface area (Å²) in [6, 6.07) is 8.07. The van der Waals surface area contributed by atoms with Gasteiger partial charge in [0, 0.05) is 11.6 Å². The molecule has 4 rings (SSSR count). The molecule has 0 bridgehead atoms. The normalized spacial score (nSPS) is 17.5. The van der Waals surface area contributed by atoms with Gasteiger partial charge in [0.2, 0.25) is 0 Å². The average Bonchev–Trinajstić information content (AvgIpc) is 3.34. The van der Waals surface area contributed by atoms with Gasteiger partial charge in [0.05, 0.1) is 18.4 Å². The number of anilines is 1. The van der Waals surface area contributed by atoms with Crippen LogP contribution in [0.5, 0.6) is 5.75 Å². The molecular formula is C27H25F2NO5. The predicted molar refractivity (Wildman–Crippen MR) is 126 cm³/mol. The number of furan rings is 1. The van der Waals surface area contributed by atoms with Crippen LogP contribution in [0.4, 0.5) is 14.5 Å². The zero-order valence-corrected chi connectivity index (χ0v) is 20.0. The molecule has 2 heterocycles. The molecular weight excluding hydrogens is 456 g/mol. The molecule has 1 aliphatic heterocycles. The third kappa shape index (κ3) is 4.09. The van der Waals surface area contributed by atoms with E-state index in [9.17, 15) is 23.5 Å². The van der Waals surface area contributed by atoms with E-state index in [0.29, 0.717) is 28.7 Å². The van der Waals surface area contributed by atoms with Crippen molar-refractivity contribution in [1.82, 2.24) is 0 Å². The van der Waals surface area contributed by atoms with Crippen LogP contribution < -0.4 is 9.64 Å². The minimum Gasteiger partial charge on any atom is -0.507 e. The molecule has 1 fully saturated rings. The number of aliphatic hydroxyl groups is 1. The maximum Gasteiger partial charge on any atom is 0.300 e. The van der Waals surface area contributed by atoms with Crippen molar-refractivity contribution in [3.05, 3.63) is 87.9 Å². The van der Waals surface area contributed by atoms with Crippen molar-refractivity contribution in [2.24, 2.45) is 0 Å². The van der Waals surface area contributed by atoms with E-state index in [0.717, 1.165) is 22.6 Å². The van der Waals surface area contributed by atoms with E-state index in [-0.39, 0.29) is 22.9 Å². The summed E-state index contributed by atoms with van der Waals surface area (Å²) in [5.41, 5.74) is 1.18.